The molecule has 0 bridgehead atoms. The van der Waals surface area contributed by atoms with Crippen LogP contribution in [0.3, 0.4) is 0 Å². The van der Waals surface area contributed by atoms with Gasteiger partial charge in [0.25, 0.3) is 0 Å². The number of piperazine rings is 1. The minimum atomic E-state index is -3.42. The number of nitrogens with zero attached hydrogens (tertiary/aromatic N) is 3. The van der Waals surface area contributed by atoms with Crippen molar-refractivity contribution >= 4 is 10.0 Å². The van der Waals surface area contributed by atoms with Crippen LogP contribution in [0.15, 0.2) is 33.7 Å². The Balaban J connectivity index is 1.87. The molecule has 0 saturated carbocycles. The van der Waals surface area contributed by atoms with E-state index in [2.05, 4.69) is 10.1 Å². The van der Waals surface area contributed by atoms with Crippen LogP contribution in [0.2, 0.25) is 0 Å². The molecule has 124 valence electrons. The van der Waals surface area contributed by atoms with Gasteiger partial charge in [-0.05, 0) is 38.6 Å². The van der Waals surface area contributed by atoms with Crippen molar-refractivity contribution in [3.63, 3.8) is 0 Å². The van der Waals surface area contributed by atoms with Gasteiger partial charge >= 0.3 is 0 Å². The van der Waals surface area contributed by atoms with Crippen LogP contribution in [0, 0.1) is 13.8 Å². The van der Waals surface area contributed by atoms with Gasteiger partial charge in [0.2, 0.25) is 10.0 Å². The fraction of sp³-hybridized carbons (Fsp3) is 0.438. The van der Waals surface area contributed by atoms with Crippen molar-refractivity contribution in [1.82, 2.24) is 14.4 Å². The highest BCUT2D eigenvalue weighted by Gasteiger charge is 2.27. The highest BCUT2D eigenvalue weighted by atomic mass is 32.2. The summed E-state index contributed by atoms with van der Waals surface area (Å²) in [6.07, 6.45) is 0. The Morgan fingerprint density at radius 1 is 1.04 bits per heavy atom. The van der Waals surface area contributed by atoms with E-state index in [1.54, 1.807) is 16.4 Å². The minimum absolute atomic E-state index is 0.331. The average molecular weight is 335 g/mol. The summed E-state index contributed by atoms with van der Waals surface area (Å²) in [6.45, 7) is 6.31. The number of aromatic nitrogens is 1. The van der Waals surface area contributed by atoms with E-state index in [9.17, 15) is 8.42 Å². The zero-order chi connectivity index (χ0) is 16.6. The van der Waals surface area contributed by atoms with Gasteiger partial charge < -0.3 is 9.42 Å². The second kappa shape index (κ2) is 6.07. The van der Waals surface area contributed by atoms with Gasteiger partial charge in [-0.2, -0.15) is 4.31 Å². The van der Waals surface area contributed by atoms with Crippen molar-refractivity contribution in [2.45, 2.75) is 18.7 Å². The lowest BCUT2D eigenvalue weighted by molar-refractivity contribution is 0.222. The predicted molar refractivity (Wildman–Crippen MR) is 87.7 cm³/mol. The molecule has 0 aliphatic carbocycles. The number of aryl methyl sites for hydroxylation is 2. The Kier molecular flexibility index (Phi) is 4.27. The first-order valence-electron chi connectivity index (χ1n) is 7.61. The maximum absolute atomic E-state index is 12.7. The summed E-state index contributed by atoms with van der Waals surface area (Å²) in [7, 11) is -1.42. The molecule has 1 aliphatic heterocycles. The Labute approximate surface area is 136 Å². The van der Waals surface area contributed by atoms with Crippen molar-refractivity contribution in [3.05, 3.63) is 35.7 Å². The molecule has 23 heavy (non-hydrogen) atoms. The summed E-state index contributed by atoms with van der Waals surface area (Å²) in [5, 5.41) is 3.94. The van der Waals surface area contributed by atoms with E-state index in [1.165, 1.54) is 0 Å². The third-order valence-corrected chi connectivity index (χ3v) is 6.19. The molecule has 1 saturated heterocycles. The Morgan fingerprint density at radius 2 is 1.65 bits per heavy atom. The lowest BCUT2D eigenvalue weighted by Crippen LogP contribution is -2.46. The van der Waals surface area contributed by atoms with Gasteiger partial charge in [0.15, 0.2) is 0 Å². The van der Waals surface area contributed by atoms with E-state index in [1.807, 2.05) is 33.0 Å². The summed E-state index contributed by atoms with van der Waals surface area (Å²) in [6, 6.07) is 6.95. The van der Waals surface area contributed by atoms with Crippen LogP contribution in [0.5, 0.6) is 0 Å². The molecule has 1 fully saturated rings. The predicted octanol–water partition coefficient (Wildman–Crippen LogP) is 1.89. The van der Waals surface area contributed by atoms with Gasteiger partial charge in [0.05, 0.1) is 10.6 Å². The molecule has 1 aromatic heterocycles. The largest absolute Gasteiger partial charge is 0.361 e. The van der Waals surface area contributed by atoms with Gasteiger partial charge in [0.1, 0.15) is 5.76 Å². The molecule has 1 aromatic carbocycles. The average Bonchev–Trinajstić information content (AvgIpc) is 2.87. The molecule has 1 aliphatic rings. The number of rotatable bonds is 3. The van der Waals surface area contributed by atoms with Gasteiger partial charge in [-0.1, -0.05) is 17.3 Å². The SMILES string of the molecule is Cc1noc(C)c1-c1ccc(S(=O)(=O)N2CCN(C)CC2)cc1. The second-order valence-electron chi connectivity index (χ2n) is 5.93. The number of benzene rings is 1. The van der Waals surface area contributed by atoms with Crippen molar-refractivity contribution in [3.8, 4) is 11.1 Å². The third kappa shape index (κ3) is 3.04. The Bertz CT molecular complexity index is 769. The maximum atomic E-state index is 12.7. The molecular formula is C16H21N3O3S. The number of hydrogen-bond acceptors (Lipinski definition) is 5. The van der Waals surface area contributed by atoms with Crippen molar-refractivity contribution < 1.29 is 12.9 Å². The van der Waals surface area contributed by atoms with Crippen LogP contribution in [0.25, 0.3) is 11.1 Å². The number of likely N-dealkylation sites (N-methyl/N-ethyl adjacent to an activating group) is 1. The highest BCUT2D eigenvalue weighted by Crippen LogP contribution is 2.28. The molecule has 7 heteroatoms. The Morgan fingerprint density at radius 3 is 2.17 bits per heavy atom. The van der Waals surface area contributed by atoms with Crippen LogP contribution in [-0.2, 0) is 10.0 Å². The molecule has 3 rings (SSSR count). The zero-order valence-corrected chi connectivity index (χ0v) is 14.4. The summed E-state index contributed by atoms with van der Waals surface area (Å²) in [4.78, 5) is 2.46. The van der Waals surface area contributed by atoms with Crippen molar-refractivity contribution in [1.29, 1.82) is 0 Å². The van der Waals surface area contributed by atoms with Crippen LogP contribution < -0.4 is 0 Å². The fourth-order valence-electron chi connectivity index (χ4n) is 2.87. The van der Waals surface area contributed by atoms with Crippen LogP contribution >= 0.6 is 0 Å². The lowest BCUT2D eigenvalue weighted by atomic mass is 10.0. The molecule has 0 atom stereocenters. The van der Waals surface area contributed by atoms with Crippen LogP contribution in [-0.4, -0.2) is 56.0 Å². The third-order valence-electron chi connectivity index (χ3n) is 4.28. The van der Waals surface area contributed by atoms with E-state index >= 15 is 0 Å². The second-order valence-corrected chi connectivity index (χ2v) is 7.87. The Hall–Kier alpha value is -1.70. The number of sulfonamides is 1. The lowest BCUT2D eigenvalue weighted by Gasteiger charge is -2.31. The van der Waals surface area contributed by atoms with E-state index in [0.717, 1.165) is 35.7 Å². The molecule has 2 aromatic rings. The zero-order valence-electron chi connectivity index (χ0n) is 13.6. The van der Waals surface area contributed by atoms with Gasteiger partial charge in [-0.25, -0.2) is 8.42 Å². The quantitative estimate of drug-likeness (QED) is 0.857. The molecular weight excluding hydrogens is 314 g/mol. The van der Waals surface area contributed by atoms with Crippen molar-refractivity contribution in [2.75, 3.05) is 33.2 Å². The first kappa shape index (κ1) is 16.2. The monoisotopic (exact) mass is 335 g/mol. The summed E-state index contributed by atoms with van der Waals surface area (Å²) < 4.78 is 32.1. The standard InChI is InChI=1S/C16H21N3O3S/c1-12-16(13(2)22-17-12)14-4-6-15(7-5-14)23(20,21)19-10-8-18(3)9-11-19/h4-7H,8-11H2,1-3H3. The van der Waals surface area contributed by atoms with E-state index in [-0.39, 0.29) is 0 Å². The highest BCUT2D eigenvalue weighted by molar-refractivity contribution is 7.89. The first-order chi connectivity index (χ1) is 10.9. The van der Waals surface area contributed by atoms with Gasteiger partial charge in [0, 0.05) is 31.7 Å². The number of hydrogen-bond donors (Lipinski definition) is 0. The van der Waals surface area contributed by atoms with Crippen molar-refractivity contribution in [2.24, 2.45) is 0 Å². The normalized spacial score (nSPS) is 17.5. The molecule has 2 heterocycles. The van der Waals surface area contributed by atoms with Crippen LogP contribution in [0.4, 0.5) is 0 Å². The molecule has 0 radical (unpaired) electrons. The van der Waals surface area contributed by atoms with Gasteiger partial charge in [-0.15, -0.1) is 0 Å². The summed E-state index contributed by atoms with van der Waals surface area (Å²) >= 11 is 0. The van der Waals surface area contributed by atoms with Crippen LogP contribution in [0.1, 0.15) is 11.5 Å². The minimum Gasteiger partial charge on any atom is -0.361 e. The molecule has 6 nitrogen and oxygen atoms in total. The molecule has 0 amide bonds. The van der Waals surface area contributed by atoms with Gasteiger partial charge in [-0.3, -0.25) is 0 Å². The maximum Gasteiger partial charge on any atom is 0.243 e. The molecule has 0 N–H and O–H groups in total. The topological polar surface area (TPSA) is 66.7 Å². The summed E-state index contributed by atoms with van der Waals surface area (Å²) in [5.41, 5.74) is 2.64. The fourth-order valence-corrected chi connectivity index (χ4v) is 4.29. The smallest absolute Gasteiger partial charge is 0.243 e. The van der Waals surface area contributed by atoms with E-state index in [0.29, 0.717) is 18.0 Å². The first-order valence-corrected chi connectivity index (χ1v) is 9.05. The molecule has 0 unspecified atom stereocenters. The van der Waals surface area contributed by atoms with E-state index in [4.69, 9.17) is 4.52 Å². The molecule has 0 spiro atoms. The van der Waals surface area contributed by atoms with E-state index < -0.39 is 10.0 Å². The summed E-state index contributed by atoms with van der Waals surface area (Å²) in [5.74, 6) is 0.733.